The molecule has 34 heavy (non-hydrogen) atoms. The molecule has 4 aromatic rings. The second-order valence-electron chi connectivity index (χ2n) is 7.99. The molecule has 0 fully saturated rings. The normalized spacial score (nSPS) is 16.1. The lowest BCUT2D eigenvalue weighted by molar-refractivity contribution is 0.244. The molecule has 2 heterocycles. The van der Waals surface area contributed by atoms with Crippen molar-refractivity contribution in [1.82, 2.24) is 15.5 Å². The molecule has 1 aromatic heterocycles. The Bertz CT molecular complexity index is 1400. The van der Waals surface area contributed by atoms with Crippen molar-refractivity contribution in [3.63, 3.8) is 0 Å². The molecule has 8 heteroatoms. The van der Waals surface area contributed by atoms with Crippen LogP contribution in [0.5, 0.6) is 0 Å². The first-order valence-corrected chi connectivity index (χ1v) is 11.4. The number of carbonyl (C=O) groups excluding carboxylic acids is 1. The number of anilines is 1. The van der Waals surface area contributed by atoms with Crippen LogP contribution in [0.4, 0.5) is 10.5 Å². The van der Waals surface area contributed by atoms with Crippen molar-refractivity contribution in [2.24, 2.45) is 0 Å². The van der Waals surface area contributed by atoms with E-state index in [2.05, 4.69) is 15.5 Å². The zero-order valence-electron chi connectivity index (χ0n) is 18.4. The second kappa shape index (κ2) is 8.97. The highest BCUT2D eigenvalue weighted by Crippen LogP contribution is 2.39. The molecule has 6 nitrogen and oxygen atoms in total. The molecule has 1 atom stereocenters. The average molecular weight is 491 g/mol. The number of allylic oxidation sites excluding steroid dienone is 1. The molecule has 1 N–H and O–H groups in total. The minimum Gasteiger partial charge on any atom is -0.334 e. The molecule has 5 rings (SSSR count). The highest BCUT2D eigenvalue weighted by molar-refractivity contribution is 6.31. The van der Waals surface area contributed by atoms with Crippen LogP contribution < -0.4 is 10.2 Å². The molecule has 2 amide bonds. The summed E-state index contributed by atoms with van der Waals surface area (Å²) in [5.41, 5.74) is 4.65. The van der Waals surface area contributed by atoms with Gasteiger partial charge in [0.25, 0.3) is 5.89 Å². The number of carbonyl (C=O) groups is 1. The topological polar surface area (TPSA) is 71.3 Å². The third kappa shape index (κ3) is 4.06. The lowest BCUT2D eigenvalue weighted by Gasteiger charge is -2.35. The maximum atomic E-state index is 13.3. The van der Waals surface area contributed by atoms with Gasteiger partial charge >= 0.3 is 6.03 Å². The van der Waals surface area contributed by atoms with E-state index in [0.717, 1.165) is 16.7 Å². The molecular formula is C26H20Cl2N4O2. The van der Waals surface area contributed by atoms with E-state index in [-0.39, 0.29) is 6.03 Å². The van der Waals surface area contributed by atoms with Crippen LogP contribution in [0.25, 0.3) is 17.0 Å². The first-order valence-electron chi connectivity index (χ1n) is 10.6. The molecule has 0 spiro atoms. The first-order chi connectivity index (χ1) is 16.4. The van der Waals surface area contributed by atoms with E-state index in [9.17, 15) is 4.79 Å². The lowest BCUT2D eigenvalue weighted by Crippen LogP contribution is -2.46. The fourth-order valence-electron chi connectivity index (χ4n) is 4.04. The van der Waals surface area contributed by atoms with Crippen molar-refractivity contribution in [2.75, 3.05) is 4.90 Å². The Morgan fingerprint density at radius 2 is 1.71 bits per heavy atom. The Kier molecular flexibility index (Phi) is 5.86. The number of urea groups is 1. The van der Waals surface area contributed by atoms with E-state index in [0.29, 0.717) is 38.7 Å². The number of hydrogen-bond acceptors (Lipinski definition) is 4. The number of hydrogen-bond donors (Lipinski definition) is 1. The van der Waals surface area contributed by atoms with Crippen molar-refractivity contribution < 1.29 is 9.32 Å². The van der Waals surface area contributed by atoms with Crippen molar-refractivity contribution >= 4 is 40.5 Å². The maximum absolute atomic E-state index is 13.3. The number of aromatic nitrogens is 2. The molecule has 1 aliphatic heterocycles. The highest BCUT2D eigenvalue weighted by atomic mass is 35.5. The number of benzene rings is 3. The molecular weight excluding hydrogens is 471 g/mol. The summed E-state index contributed by atoms with van der Waals surface area (Å²) in [4.78, 5) is 19.6. The summed E-state index contributed by atoms with van der Waals surface area (Å²) in [5.74, 6) is 0.761. The number of nitrogens with one attached hydrogen (secondary N) is 1. The minimum absolute atomic E-state index is 0.255. The standard InChI is InChI=1S/C26H20Cl2N4O2/c1-15-14-20(12-13-21(15)28)32-16(2)22(23(29-26(32)33)17-6-4-3-5-7-17)25-30-24(31-34-25)18-8-10-19(27)11-9-18/h3-14,23H,1-2H3,(H,29,33). The molecule has 0 aliphatic carbocycles. The molecule has 0 radical (unpaired) electrons. The van der Waals surface area contributed by atoms with Gasteiger partial charge in [-0.2, -0.15) is 4.98 Å². The molecule has 170 valence electrons. The summed E-state index contributed by atoms with van der Waals surface area (Å²) >= 11 is 12.2. The van der Waals surface area contributed by atoms with Crippen LogP contribution in [-0.2, 0) is 0 Å². The zero-order chi connectivity index (χ0) is 23.8. The van der Waals surface area contributed by atoms with Crippen molar-refractivity contribution in [2.45, 2.75) is 19.9 Å². The van der Waals surface area contributed by atoms with E-state index in [1.165, 1.54) is 0 Å². The minimum atomic E-state index is -0.461. The van der Waals surface area contributed by atoms with Gasteiger partial charge in [-0.1, -0.05) is 58.7 Å². The van der Waals surface area contributed by atoms with Gasteiger partial charge in [0.05, 0.1) is 17.3 Å². The Balaban J connectivity index is 1.65. The SMILES string of the molecule is CC1=C(c2nc(-c3ccc(Cl)cc3)no2)C(c2ccccc2)NC(=O)N1c1ccc(Cl)c(C)c1. The van der Waals surface area contributed by atoms with E-state index in [1.54, 1.807) is 23.1 Å². The maximum Gasteiger partial charge on any atom is 0.326 e. The van der Waals surface area contributed by atoms with E-state index < -0.39 is 6.04 Å². The molecule has 0 saturated heterocycles. The Morgan fingerprint density at radius 3 is 2.41 bits per heavy atom. The summed E-state index contributed by atoms with van der Waals surface area (Å²) in [6, 6.07) is 21.7. The molecule has 1 aliphatic rings. The van der Waals surface area contributed by atoms with Gasteiger partial charge in [-0.25, -0.2) is 4.79 Å². The fourth-order valence-corrected chi connectivity index (χ4v) is 4.29. The van der Waals surface area contributed by atoms with E-state index >= 15 is 0 Å². The molecule has 0 bridgehead atoms. The van der Waals surface area contributed by atoms with Crippen LogP contribution in [0.2, 0.25) is 10.0 Å². The van der Waals surface area contributed by atoms with Crippen LogP contribution in [0, 0.1) is 6.92 Å². The van der Waals surface area contributed by atoms with Crippen LogP contribution in [0.3, 0.4) is 0 Å². The average Bonchev–Trinajstić information content (AvgIpc) is 3.31. The lowest BCUT2D eigenvalue weighted by atomic mass is 9.94. The van der Waals surface area contributed by atoms with Gasteiger partial charge in [0.2, 0.25) is 5.82 Å². The van der Waals surface area contributed by atoms with Crippen LogP contribution in [0.1, 0.15) is 30.0 Å². The Hall–Kier alpha value is -3.61. The highest BCUT2D eigenvalue weighted by Gasteiger charge is 2.36. The van der Waals surface area contributed by atoms with Crippen LogP contribution in [-0.4, -0.2) is 16.2 Å². The van der Waals surface area contributed by atoms with E-state index in [1.807, 2.05) is 68.4 Å². The van der Waals surface area contributed by atoms with Crippen LogP contribution in [0.15, 0.2) is 83.0 Å². The number of aryl methyl sites for hydroxylation is 1. The third-order valence-corrected chi connectivity index (χ3v) is 6.45. The van der Waals surface area contributed by atoms with Gasteiger partial charge < -0.3 is 9.84 Å². The van der Waals surface area contributed by atoms with Crippen molar-refractivity contribution in [3.8, 4) is 11.4 Å². The van der Waals surface area contributed by atoms with Gasteiger partial charge in [-0.3, -0.25) is 4.90 Å². The Morgan fingerprint density at radius 1 is 0.971 bits per heavy atom. The smallest absolute Gasteiger partial charge is 0.326 e. The van der Waals surface area contributed by atoms with Crippen molar-refractivity contribution in [3.05, 3.63) is 106 Å². The number of amides is 2. The summed E-state index contributed by atoms with van der Waals surface area (Å²) in [5, 5.41) is 8.54. The zero-order valence-corrected chi connectivity index (χ0v) is 19.9. The third-order valence-electron chi connectivity index (χ3n) is 5.78. The van der Waals surface area contributed by atoms with Gasteiger partial charge in [0.15, 0.2) is 0 Å². The summed E-state index contributed by atoms with van der Waals surface area (Å²) < 4.78 is 5.72. The van der Waals surface area contributed by atoms with Gasteiger partial charge in [-0.15, -0.1) is 0 Å². The predicted octanol–water partition coefficient (Wildman–Crippen LogP) is 7.05. The fraction of sp³-hybridized carbons (Fsp3) is 0.115. The number of rotatable bonds is 4. The number of halogens is 2. The van der Waals surface area contributed by atoms with Crippen LogP contribution >= 0.6 is 23.2 Å². The summed E-state index contributed by atoms with van der Waals surface area (Å²) in [7, 11) is 0. The molecule has 1 unspecified atom stereocenters. The molecule has 0 saturated carbocycles. The summed E-state index contributed by atoms with van der Waals surface area (Å²) in [6.45, 7) is 3.77. The van der Waals surface area contributed by atoms with Crippen molar-refractivity contribution in [1.29, 1.82) is 0 Å². The quantitative estimate of drug-likeness (QED) is 0.332. The van der Waals surface area contributed by atoms with E-state index in [4.69, 9.17) is 27.7 Å². The largest absolute Gasteiger partial charge is 0.334 e. The Labute approximate surface area is 206 Å². The van der Waals surface area contributed by atoms with Gasteiger partial charge in [-0.05, 0) is 67.4 Å². The first kappa shape index (κ1) is 22.2. The molecule has 3 aromatic carbocycles. The van der Waals surface area contributed by atoms with Gasteiger partial charge in [0.1, 0.15) is 0 Å². The summed E-state index contributed by atoms with van der Waals surface area (Å²) in [6.07, 6.45) is 0. The van der Waals surface area contributed by atoms with Gasteiger partial charge in [0, 0.05) is 21.3 Å². The second-order valence-corrected chi connectivity index (χ2v) is 8.83. The predicted molar refractivity (Wildman–Crippen MR) is 134 cm³/mol. The number of nitrogens with zero attached hydrogens (tertiary/aromatic N) is 3. The monoisotopic (exact) mass is 490 g/mol.